The van der Waals surface area contributed by atoms with Crippen molar-refractivity contribution in [3.63, 3.8) is 0 Å². The average molecular weight is 360 g/mol. The van der Waals surface area contributed by atoms with E-state index in [9.17, 15) is 5.11 Å². The predicted molar refractivity (Wildman–Crippen MR) is 110 cm³/mol. The fraction of sp³-hybridized carbons (Fsp3) is 0.652. The molecule has 2 rings (SSSR count). The Morgan fingerprint density at radius 2 is 1.77 bits per heavy atom. The zero-order valence-corrected chi connectivity index (χ0v) is 17.5. The van der Waals surface area contributed by atoms with Crippen molar-refractivity contribution in [2.75, 3.05) is 13.1 Å². The average Bonchev–Trinajstić information content (AvgIpc) is 2.54. The van der Waals surface area contributed by atoms with Gasteiger partial charge in [0.1, 0.15) is 5.75 Å². The van der Waals surface area contributed by atoms with Gasteiger partial charge in [-0.1, -0.05) is 37.6 Å². The van der Waals surface area contributed by atoms with E-state index >= 15 is 0 Å². The summed E-state index contributed by atoms with van der Waals surface area (Å²) in [4.78, 5) is 2.54. The highest BCUT2D eigenvalue weighted by Gasteiger charge is 2.29. The highest BCUT2D eigenvalue weighted by atomic mass is 16.5. The zero-order valence-electron chi connectivity index (χ0n) is 17.5. The third kappa shape index (κ3) is 6.14. The first-order valence-corrected chi connectivity index (χ1v) is 10.0. The van der Waals surface area contributed by atoms with Gasteiger partial charge in [-0.3, -0.25) is 4.90 Å². The molecule has 1 heterocycles. The van der Waals surface area contributed by atoms with Gasteiger partial charge in [0.05, 0.1) is 12.2 Å². The van der Waals surface area contributed by atoms with E-state index in [1.165, 1.54) is 11.1 Å². The van der Waals surface area contributed by atoms with E-state index in [1.54, 1.807) is 0 Å². The maximum Gasteiger partial charge on any atom is 0.119 e. The number of benzene rings is 1. The van der Waals surface area contributed by atoms with Gasteiger partial charge in [-0.05, 0) is 70.1 Å². The van der Waals surface area contributed by atoms with E-state index in [4.69, 9.17) is 4.74 Å². The number of hydrogen-bond acceptors (Lipinski definition) is 3. The van der Waals surface area contributed by atoms with E-state index < -0.39 is 0 Å². The van der Waals surface area contributed by atoms with Crippen molar-refractivity contribution < 1.29 is 9.84 Å². The Bertz CT molecular complexity index is 577. The van der Waals surface area contributed by atoms with Crippen LogP contribution in [0.5, 0.6) is 5.75 Å². The second-order valence-corrected chi connectivity index (χ2v) is 8.86. The molecule has 1 aliphatic rings. The minimum Gasteiger partial charge on any atom is -0.491 e. The van der Waals surface area contributed by atoms with E-state index in [1.807, 2.05) is 0 Å². The van der Waals surface area contributed by atoms with Crippen molar-refractivity contribution in [1.82, 2.24) is 4.90 Å². The van der Waals surface area contributed by atoms with Crippen LogP contribution in [0.2, 0.25) is 0 Å². The zero-order chi connectivity index (χ0) is 19.3. The molecule has 1 aliphatic heterocycles. The van der Waals surface area contributed by atoms with E-state index in [-0.39, 0.29) is 17.6 Å². The van der Waals surface area contributed by atoms with Crippen LogP contribution >= 0.6 is 0 Å². The molecule has 1 fully saturated rings. The van der Waals surface area contributed by atoms with Crippen molar-refractivity contribution in [2.45, 2.75) is 84.5 Å². The van der Waals surface area contributed by atoms with Crippen LogP contribution in [-0.2, 0) is 5.41 Å². The number of ether oxygens (including phenoxy) is 1. The molecule has 1 N–H and O–H groups in total. The molecular weight excluding hydrogens is 322 g/mol. The standard InChI is InChI=1S/C23H37NO2/c1-17(2)15-20(24-13-11-21(25)12-14-24)16-23(5,6)19-7-9-22(10-8-19)26-18(3)4/h7-10,15,18,20-21,25H,11-14,16H2,1-6H3. The van der Waals surface area contributed by atoms with Gasteiger partial charge in [-0.25, -0.2) is 0 Å². The quantitative estimate of drug-likeness (QED) is 0.701. The molecule has 146 valence electrons. The van der Waals surface area contributed by atoms with Crippen LogP contribution < -0.4 is 4.74 Å². The molecule has 0 saturated carbocycles. The molecule has 3 heteroatoms. The number of aliphatic hydroxyl groups excluding tert-OH is 1. The molecule has 0 spiro atoms. The largest absolute Gasteiger partial charge is 0.491 e. The fourth-order valence-corrected chi connectivity index (χ4v) is 3.79. The van der Waals surface area contributed by atoms with E-state index in [2.05, 4.69) is 76.8 Å². The van der Waals surface area contributed by atoms with Crippen molar-refractivity contribution in [3.05, 3.63) is 41.5 Å². The topological polar surface area (TPSA) is 32.7 Å². The second kappa shape index (κ2) is 9.05. The Morgan fingerprint density at radius 3 is 2.27 bits per heavy atom. The summed E-state index contributed by atoms with van der Waals surface area (Å²) in [5, 5.41) is 9.84. The van der Waals surface area contributed by atoms with Gasteiger partial charge in [0.2, 0.25) is 0 Å². The molecule has 0 bridgehead atoms. The molecule has 1 saturated heterocycles. The van der Waals surface area contributed by atoms with Crippen LogP contribution in [0.3, 0.4) is 0 Å². The molecule has 0 aromatic heterocycles. The highest BCUT2D eigenvalue weighted by Crippen LogP contribution is 2.33. The van der Waals surface area contributed by atoms with Crippen molar-refractivity contribution in [3.8, 4) is 5.75 Å². The smallest absolute Gasteiger partial charge is 0.119 e. The number of hydrogen-bond donors (Lipinski definition) is 1. The lowest BCUT2D eigenvalue weighted by Crippen LogP contribution is -2.44. The Balaban J connectivity index is 2.13. The minimum atomic E-state index is -0.125. The molecule has 1 unspecified atom stereocenters. The van der Waals surface area contributed by atoms with Gasteiger partial charge < -0.3 is 9.84 Å². The van der Waals surface area contributed by atoms with E-state index in [0.717, 1.165) is 38.1 Å². The number of rotatable bonds is 7. The number of piperidine rings is 1. The molecule has 1 atom stereocenters. The van der Waals surface area contributed by atoms with Crippen molar-refractivity contribution in [1.29, 1.82) is 0 Å². The number of nitrogens with zero attached hydrogens (tertiary/aromatic N) is 1. The molecule has 0 radical (unpaired) electrons. The number of likely N-dealkylation sites (tertiary alicyclic amines) is 1. The summed E-state index contributed by atoms with van der Waals surface area (Å²) in [5.74, 6) is 0.936. The molecule has 1 aromatic rings. The summed E-state index contributed by atoms with van der Waals surface area (Å²) in [5.41, 5.74) is 2.78. The maximum atomic E-state index is 9.84. The van der Waals surface area contributed by atoms with Crippen molar-refractivity contribution >= 4 is 0 Å². The van der Waals surface area contributed by atoms with Gasteiger partial charge in [0, 0.05) is 19.1 Å². The van der Waals surface area contributed by atoms with E-state index in [0.29, 0.717) is 6.04 Å². The summed E-state index contributed by atoms with van der Waals surface area (Å²) in [6.07, 6.45) is 5.31. The second-order valence-electron chi connectivity index (χ2n) is 8.86. The van der Waals surface area contributed by atoms with Gasteiger partial charge in [0.25, 0.3) is 0 Å². The first-order valence-electron chi connectivity index (χ1n) is 10.0. The van der Waals surface area contributed by atoms with Crippen LogP contribution in [-0.4, -0.2) is 41.3 Å². The fourth-order valence-electron chi connectivity index (χ4n) is 3.79. The molecule has 3 nitrogen and oxygen atoms in total. The first kappa shape index (κ1) is 21.0. The maximum absolute atomic E-state index is 9.84. The number of aliphatic hydroxyl groups is 1. The summed E-state index contributed by atoms with van der Waals surface area (Å²) >= 11 is 0. The third-order valence-electron chi connectivity index (χ3n) is 5.22. The SMILES string of the molecule is CC(C)=CC(CC(C)(C)c1ccc(OC(C)C)cc1)N1CCC(O)CC1. The lowest BCUT2D eigenvalue weighted by atomic mass is 9.78. The van der Waals surface area contributed by atoms with Crippen molar-refractivity contribution in [2.24, 2.45) is 0 Å². The van der Waals surface area contributed by atoms with Gasteiger partial charge in [-0.2, -0.15) is 0 Å². The Labute approximate surface area is 160 Å². The Hall–Kier alpha value is -1.32. The minimum absolute atomic E-state index is 0.0725. The molecular formula is C23H37NO2. The third-order valence-corrected chi connectivity index (χ3v) is 5.22. The summed E-state index contributed by atoms with van der Waals surface area (Å²) in [6, 6.07) is 9.00. The predicted octanol–water partition coefficient (Wildman–Crippen LogP) is 4.93. The monoisotopic (exact) mass is 359 g/mol. The lowest BCUT2D eigenvalue weighted by molar-refractivity contribution is 0.0645. The summed E-state index contributed by atoms with van der Waals surface area (Å²) in [7, 11) is 0. The normalized spacial score (nSPS) is 18.0. The van der Waals surface area contributed by atoms with Crippen LogP contribution in [0.15, 0.2) is 35.9 Å². The summed E-state index contributed by atoms with van der Waals surface area (Å²) in [6.45, 7) is 15.1. The molecule has 1 aromatic carbocycles. The lowest BCUT2D eigenvalue weighted by Gasteiger charge is -2.39. The van der Waals surface area contributed by atoms with Crippen LogP contribution in [0.25, 0.3) is 0 Å². The highest BCUT2D eigenvalue weighted by molar-refractivity contribution is 5.32. The van der Waals surface area contributed by atoms with Gasteiger partial charge in [-0.15, -0.1) is 0 Å². The first-order chi connectivity index (χ1) is 12.2. The molecule has 26 heavy (non-hydrogen) atoms. The molecule has 0 aliphatic carbocycles. The Kier molecular flexibility index (Phi) is 7.31. The van der Waals surface area contributed by atoms with Gasteiger partial charge in [0.15, 0.2) is 0 Å². The van der Waals surface area contributed by atoms with Gasteiger partial charge >= 0.3 is 0 Å². The van der Waals surface area contributed by atoms with Crippen LogP contribution in [0.1, 0.15) is 66.4 Å². The Morgan fingerprint density at radius 1 is 1.19 bits per heavy atom. The van der Waals surface area contributed by atoms with Crippen LogP contribution in [0, 0.1) is 0 Å². The molecule has 0 amide bonds. The number of allylic oxidation sites excluding steroid dienone is 1. The summed E-state index contributed by atoms with van der Waals surface area (Å²) < 4.78 is 5.78. The van der Waals surface area contributed by atoms with Crippen LogP contribution in [0.4, 0.5) is 0 Å².